The van der Waals surface area contributed by atoms with Crippen molar-refractivity contribution in [3.63, 3.8) is 0 Å². The van der Waals surface area contributed by atoms with Gasteiger partial charge in [0.1, 0.15) is 0 Å². The highest BCUT2D eigenvalue weighted by molar-refractivity contribution is 6.35. The minimum atomic E-state index is 0.782. The summed E-state index contributed by atoms with van der Waals surface area (Å²) in [6, 6.07) is 8.04. The molecule has 0 bridgehead atoms. The molecular weight excluding hydrogens is 280 g/mol. The minimum absolute atomic E-state index is 0.782. The zero-order chi connectivity index (χ0) is 14.5. The fraction of sp³-hybridized carbons (Fsp3) is 0.500. The standard InChI is InChI=1S/C18H23ClN2/c19-17-9-8-15(18-16(17)7-4-11-21-18)13-20-12-10-14-5-2-1-3-6-14/h4,7-9,11,14,20H,1-3,5-6,10,12-13H2. The van der Waals surface area contributed by atoms with Crippen molar-refractivity contribution in [2.24, 2.45) is 5.92 Å². The lowest BCUT2D eigenvalue weighted by Crippen LogP contribution is -2.19. The van der Waals surface area contributed by atoms with Gasteiger partial charge in [0, 0.05) is 23.2 Å². The van der Waals surface area contributed by atoms with Gasteiger partial charge in [-0.1, -0.05) is 49.8 Å². The van der Waals surface area contributed by atoms with Crippen LogP contribution in [0.4, 0.5) is 0 Å². The molecule has 1 aliphatic carbocycles. The summed E-state index contributed by atoms with van der Waals surface area (Å²) in [5, 5.41) is 5.41. The largest absolute Gasteiger partial charge is 0.313 e. The monoisotopic (exact) mass is 302 g/mol. The van der Waals surface area contributed by atoms with E-state index < -0.39 is 0 Å². The zero-order valence-electron chi connectivity index (χ0n) is 12.4. The van der Waals surface area contributed by atoms with Crippen LogP contribution in [-0.2, 0) is 6.54 Å². The van der Waals surface area contributed by atoms with Crippen LogP contribution in [0.5, 0.6) is 0 Å². The molecule has 1 fully saturated rings. The van der Waals surface area contributed by atoms with E-state index in [1.54, 1.807) is 0 Å². The van der Waals surface area contributed by atoms with Crippen LogP contribution < -0.4 is 5.32 Å². The second-order valence-corrected chi connectivity index (χ2v) is 6.48. The average molecular weight is 303 g/mol. The van der Waals surface area contributed by atoms with Gasteiger partial charge in [-0.15, -0.1) is 0 Å². The topological polar surface area (TPSA) is 24.9 Å². The fourth-order valence-corrected chi connectivity index (χ4v) is 3.56. The van der Waals surface area contributed by atoms with Crippen LogP contribution in [0, 0.1) is 5.92 Å². The van der Waals surface area contributed by atoms with Gasteiger partial charge < -0.3 is 5.32 Å². The van der Waals surface area contributed by atoms with Crippen LogP contribution in [-0.4, -0.2) is 11.5 Å². The predicted octanol–water partition coefficient (Wildman–Crippen LogP) is 4.95. The molecule has 2 nitrogen and oxygen atoms in total. The van der Waals surface area contributed by atoms with Gasteiger partial charge in [-0.25, -0.2) is 0 Å². The van der Waals surface area contributed by atoms with Gasteiger partial charge in [-0.3, -0.25) is 4.98 Å². The summed E-state index contributed by atoms with van der Waals surface area (Å²) in [5.74, 6) is 0.936. The molecule has 3 rings (SSSR count). The van der Waals surface area contributed by atoms with E-state index in [0.717, 1.165) is 34.9 Å². The first-order valence-electron chi connectivity index (χ1n) is 8.07. The molecule has 0 aliphatic heterocycles. The summed E-state index contributed by atoms with van der Waals surface area (Å²) >= 11 is 6.23. The molecule has 21 heavy (non-hydrogen) atoms. The second kappa shape index (κ2) is 7.24. The van der Waals surface area contributed by atoms with Gasteiger partial charge in [-0.05, 0) is 42.6 Å². The van der Waals surface area contributed by atoms with Crippen molar-refractivity contribution in [3.05, 3.63) is 41.0 Å². The zero-order valence-corrected chi connectivity index (χ0v) is 13.2. The van der Waals surface area contributed by atoms with E-state index in [0.29, 0.717) is 0 Å². The maximum atomic E-state index is 6.23. The van der Waals surface area contributed by atoms with Crippen LogP contribution in [0.2, 0.25) is 5.02 Å². The first-order chi connectivity index (χ1) is 10.3. The van der Waals surface area contributed by atoms with E-state index in [9.17, 15) is 0 Å². The molecule has 1 N–H and O–H groups in total. The van der Waals surface area contributed by atoms with Crippen molar-refractivity contribution >= 4 is 22.5 Å². The summed E-state index contributed by atoms with van der Waals surface area (Å²) in [5.41, 5.74) is 2.26. The van der Waals surface area contributed by atoms with E-state index in [1.807, 2.05) is 24.4 Å². The van der Waals surface area contributed by atoms with Gasteiger partial charge in [0.05, 0.1) is 5.52 Å². The molecule has 1 heterocycles. The van der Waals surface area contributed by atoms with E-state index in [1.165, 1.54) is 44.1 Å². The number of fused-ring (bicyclic) bond motifs is 1. The van der Waals surface area contributed by atoms with Gasteiger partial charge in [-0.2, -0.15) is 0 Å². The number of hydrogen-bond acceptors (Lipinski definition) is 2. The SMILES string of the molecule is Clc1ccc(CNCCC2CCCCC2)c2ncccc12. The molecular formula is C18H23ClN2. The molecule has 2 aromatic rings. The smallest absolute Gasteiger partial charge is 0.0761 e. The lowest BCUT2D eigenvalue weighted by molar-refractivity contribution is 0.334. The number of aromatic nitrogens is 1. The molecule has 112 valence electrons. The molecule has 0 saturated heterocycles. The predicted molar refractivity (Wildman–Crippen MR) is 89.7 cm³/mol. The van der Waals surface area contributed by atoms with Gasteiger partial charge in [0.15, 0.2) is 0 Å². The summed E-state index contributed by atoms with van der Waals surface area (Å²) in [6.07, 6.45) is 10.3. The third kappa shape index (κ3) is 3.75. The van der Waals surface area contributed by atoms with Crippen LogP contribution in [0.1, 0.15) is 44.1 Å². The van der Waals surface area contributed by atoms with Crippen LogP contribution >= 0.6 is 11.6 Å². The number of halogens is 1. The molecule has 0 amide bonds. The summed E-state index contributed by atoms with van der Waals surface area (Å²) in [6.45, 7) is 1.97. The Hall–Kier alpha value is -1.12. The van der Waals surface area contributed by atoms with E-state index >= 15 is 0 Å². The number of rotatable bonds is 5. The molecule has 1 saturated carbocycles. The highest BCUT2D eigenvalue weighted by Crippen LogP contribution is 2.26. The van der Waals surface area contributed by atoms with Gasteiger partial charge >= 0.3 is 0 Å². The Kier molecular flexibility index (Phi) is 5.10. The van der Waals surface area contributed by atoms with E-state index in [4.69, 9.17) is 11.6 Å². The maximum absolute atomic E-state index is 6.23. The Labute approximate surface area is 131 Å². The summed E-state index contributed by atoms with van der Waals surface area (Å²) in [4.78, 5) is 4.49. The highest BCUT2D eigenvalue weighted by Gasteiger charge is 2.12. The first-order valence-corrected chi connectivity index (χ1v) is 8.45. The number of hydrogen-bond donors (Lipinski definition) is 1. The minimum Gasteiger partial charge on any atom is -0.313 e. The molecule has 0 unspecified atom stereocenters. The maximum Gasteiger partial charge on any atom is 0.0761 e. The molecule has 1 aromatic carbocycles. The number of benzene rings is 1. The molecule has 0 atom stereocenters. The Balaban J connectivity index is 1.57. The molecule has 0 radical (unpaired) electrons. The van der Waals surface area contributed by atoms with Crippen molar-refractivity contribution < 1.29 is 0 Å². The Morgan fingerprint density at radius 2 is 2.00 bits per heavy atom. The highest BCUT2D eigenvalue weighted by atomic mass is 35.5. The summed E-state index contributed by atoms with van der Waals surface area (Å²) in [7, 11) is 0. The third-order valence-electron chi connectivity index (χ3n) is 4.57. The van der Waals surface area contributed by atoms with E-state index in [2.05, 4.69) is 16.4 Å². The Morgan fingerprint density at radius 1 is 1.14 bits per heavy atom. The first kappa shape index (κ1) is 14.8. The van der Waals surface area contributed by atoms with Gasteiger partial charge in [0.25, 0.3) is 0 Å². The van der Waals surface area contributed by atoms with E-state index in [-0.39, 0.29) is 0 Å². The molecule has 0 spiro atoms. The van der Waals surface area contributed by atoms with Crippen molar-refractivity contribution in [2.75, 3.05) is 6.54 Å². The van der Waals surface area contributed by atoms with Crippen LogP contribution in [0.25, 0.3) is 10.9 Å². The Bertz CT molecular complexity index is 591. The number of pyridine rings is 1. The molecule has 3 heteroatoms. The average Bonchev–Trinajstić information content (AvgIpc) is 2.55. The lowest BCUT2D eigenvalue weighted by Gasteiger charge is -2.21. The van der Waals surface area contributed by atoms with Crippen LogP contribution in [0.15, 0.2) is 30.5 Å². The molecule has 1 aliphatic rings. The number of nitrogens with one attached hydrogen (secondary N) is 1. The van der Waals surface area contributed by atoms with Crippen molar-refractivity contribution in [3.8, 4) is 0 Å². The van der Waals surface area contributed by atoms with Crippen LogP contribution in [0.3, 0.4) is 0 Å². The molecule has 1 aromatic heterocycles. The lowest BCUT2D eigenvalue weighted by atomic mass is 9.87. The Morgan fingerprint density at radius 3 is 2.86 bits per heavy atom. The van der Waals surface area contributed by atoms with Crippen molar-refractivity contribution in [1.82, 2.24) is 10.3 Å². The van der Waals surface area contributed by atoms with Crippen molar-refractivity contribution in [2.45, 2.75) is 45.1 Å². The third-order valence-corrected chi connectivity index (χ3v) is 4.90. The quantitative estimate of drug-likeness (QED) is 0.791. The van der Waals surface area contributed by atoms with Crippen molar-refractivity contribution in [1.29, 1.82) is 0 Å². The normalized spacial score (nSPS) is 16.4. The fourth-order valence-electron chi connectivity index (χ4n) is 3.34. The van der Waals surface area contributed by atoms with Gasteiger partial charge in [0.2, 0.25) is 0 Å². The second-order valence-electron chi connectivity index (χ2n) is 6.08. The number of nitrogens with zero attached hydrogens (tertiary/aromatic N) is 1. The summed E-state index contributed by atoms with van der Waals surface area (Å²) < 4.78 is 0.